The summed E-state index contributed by atoms with van der Waals surface area (Å²) in [5, 5.41) is 22.5. The van der Waals surface area contributed by atoms with E-state index in [0.29, 0.717) is 28.6 Å². The van der Waals surface area contributed by atoms with Gasteiger partial charge in [-0.25, -0.2) is 9.97 Å². The van der Waals surface area contributed by atoms with E-state index in [1.54, 1.807) is 18.2 Å². The highest BCUT2D eigenvalue weighted by atomic mass is 35.5. The van der Waals surface area contributed by atoms with Gasteiger partial charge in [0, 0.05) is 17.7 Å². The SMILES string of the molecule is N#Cc1ccccc1-c1cc(NC2C3CCC(CC3)C2C(=O)O)nc(Cl)n1. The normalized spacial score (nSPS) is 26.4. The number of carbonyl (C=O) groups is 1. The Morgan fingerprint density at radius 1 is 1.19 bits per heavy atom. The minimum Gasteiger partial charge on any atom is -0.481 e. The molecule has 0 radical (unpaired) electrons. The molecule has 0 amide bonds. The Bertz CT molecular complexity index is 918. The molecule has 138 valence electrons. The zero-order chi connectivity index (χ0) is 19.0. The fraction of sp³-hybridized carbons (Fsp3) is 0.400. The van der Waals surface area contributed by atoms with Crippen LogP contribution in [0.1, 0.15) is 31.2 Å². The third kappa shape index (κ3) is 3.35. The lowest BCUT2D eigenvalue weighted by Crippen LogP contribution is -2.51. The molecule has 2 unspecified atom stereocenters. The van der Waals surface area contributed by atoms with Crippen molar-refractivity contribution in [2.24, 2.45) is 17.8 Å². The predicted octanol–water partition coefficient (Wildman–Crippen LogP) is 3.97. The van der Waals surface area contributed by atoms with Crippen molar-refractivity contribution in [3.8, 4) is 17.3 Å². The molecule has 3 saturated carbocycles. The summed E-state index contributed by atoms with van der Waals surface area (Å²) in [6, 6.07) is 10.9. The summed E-state index contributed by atoms with van der Waals surface area (Å²) in [5.41, 5.74) is 1.72. The Morgan fingerprint density at radius 3 is 2.59 bits per heavy atom. The Morgan fingerprint density at radius 2 is 1.89 bits per heavy atom. The first kappa shape index (κ1) is 17.7. The van der Waals surface area contributed by atoms with Crippen LogP contribution in [-0.4, -0.2) is 27.1 Å². The Hall–Kier alpha value is -2.65. The van der Waals surface area contributed by atoms with Crippen LogP contribution in [-0.2, 0) is 4.79 Å². The molecule has 1 aromatic heterocycles. The van der Waals surface area contributed by atoms with Crippen molar-refractivity contribution in [1.29, 1.82) is 5.26 Å². The lowest BCUT2D eigenvalue weighted by molar-refractivity contribution is -0.148. The van der Waals surface area contributed by atoms with E-state index in [-0.39, 0.29) is 17.2 Å². The molecular formula is C20H19ClN4O2. The van der Waals surface area contributed by atoms with E-state index in [4.69, 9.17) is 11.6 Å². The summed E-state index contributed by atoms with van der Waals surface area (Å²) in [5.74, 6) is -0.138. The van der Waals surface area contributed by atoms with Gasteiger partial charge in [-0.1, -0.05) is 18.2 Å². The van der Waals surface area contributed by atoms with Gasteiger partial charge in [0.2, 0.25) is 5.28 Å². The molecule has 3 fully saturated rings. The van der Waals surface area contributed by atoms with Gasteiger partial charge in [0.1, 0.15) is 5.82 Å². The van der Waals surface area contributed by atoms with E-state index < -0.39 is 11.9 Å². The number of halogens is 1. The maximum atomic E-state index is 11.8. The molecule has 2 aromatic rings. The zero-order valence-corrected chi connectivity index (χ0v) is 15.4. The van der Waals surface area contributed by atoms with Gasteiger partial charge in [-0.3, -0.25) is 4.79 Å². The molecule has 0 spiro atoms. The summed E-state index contributed by atoms with van der Waals surface area (Å²) in [6.45, 7) is 0. The van der Waals surface area contributed by atoms with Crippen molar-refractivity contribution in [2.45, 2.75) is 31.7 Å². The lowest BCUT2D eigenvalue weighted by atomic mass is 9.61. The number of aliphatic carboxylic acids is 1. The maximum Gasteiger partial charge on any atom is 0.308 e. The Kier molecular flexibility index (Phi) is 4.71. The topological polar surface area (TPSA) is 98.9 Å². The van der Waals surface area contributed by atoms with Crippen LogP contribution in [0.25, 0.3) is 11.3 Å². The fourth-order valence-corrected chi connectivity index (χ4v) is 4.80. The van der Waals surface area contributed by atoms with Gasteiger partial charge in [-0.05, 0) is 55.2 Å². The van der Waals surface area contributed by atoms with Crippen LogP contribution in [0, 0.1) is 29.1 Å². The molecule has 0 aliphatic heterocycles. The van der Waals surface area contributed by atoms with Gasteiger partial charge in [-0.2, -0.15) is 5.26 Å². The van der Waals surface area contributed by atoms with Crippen molar-refractivity contribution < 1.29 is 9.90 Å². The highest BCUT2D eigenvalue weighted by molar-refractivity contribution is 6.28. The summed E-state index contributed by atoms with van der Waals surface area (Å²) >= 11 is 6.13. The fourth-order valence-electron chi connectivity index (χ4n) is 4.62. The number of fused-ring (bicyclic) bond motifs is 3. The third-order valence-corrected chi connectivity index (χ3v) is 6.01. The number of hydrogen-bond acceptors (Lipinski definition) is 5. The molecule has 1 aromatic carbocycles. The number of hydrogen-bond donors (Lipinski definition) is 2. The van der Waals surface area contributed by atoms with Crippen LogP contribution in [0.15, 0.2) is 30.3 Å². The molecule has 2 N–H and O–H groups in total. The highest BCUT2D eigenvalue weighted by Crippen LogP contribution is 2.46. The van der Waals surface area contributed by atoms with Crippen molar-refractivity contribution in [3.05, 3.63) is 41.2 Å². The van der Waals surface area contributed by atoms with Gasteiger partial charge in [0.25, 0.3) is 0 Å². The minimum atomic E-state index is -0.753. The van der Waals surface area contributed by atoms with Gasteiger partial charge < -0.3 is 10.4 Å². The van der Waals surface area contributed by atoms with Crippen LogP contribution in [0.2, 0.25) is 5.28 Å². The van der Waals surface area contributed by atoms with E-state index in [1.165, 1.54) is 0 Å². The molecule has 7 heteroatoms. The van der Waals surface area contributed by atoms with Crippen molar-refractivity contribution in [2.75, 3.05) is 5.32 Å². The number of anilines is 1. The van der Waals surface area contributed by atoms with Gasteiger partial charge in [0.05, 0.1) is 23.2 Å². The summed E-state index contributed by atoms with van der Waals surface area (Å²) in [7, 11) is 0. The first-order valence-electron chi connectivity index (χ1n) is 9.10. The van der Waals surface area contributed by atoms with Crippen molar-refractivity contribution >= 4 is 23.4 Å². The van der Waals surface area contributed by atoms with Gasteiger partial charge >= 0.3 is 5.97 Å². The molecular weight excluding hydrogens is 364 g/mol. The van der Waals surface area contributed by atoms with Crippen LogP contribution >= 0.6 is 11.6 Å². The number of benzene rings is 1. The minimum absolute atomic E-state index is 0.0654. The Labute approximate surface area is 162 Å². The van der Waals surface area contributed by atoms with E-state index >= 15 is 0 Å². The number of carboxylic acids is 1. The zero-order valence-electron chi connectivity index (χ0n) is 14.6. The van der Waals surface area contributed by atoms with E-state index in [1.807, 2.05) is 12.1 Å². The summed E-state index contributed by atoms with van der Waals surface area (Å²) in [4.78, 5) is 20.4. The molecule has 6 nitrogen and oxygen atoms in total. The predicted molar refractivity (Wildman–Crippen MR) is 101 cm³/mol. The second-order valence-corrected chi connectivity index (χ2v) is 7.61. The summed E-state index contributed by atoms with van der Waals surface area (Å²) < 4.78 is 0. The monoisotopic (exact) mass is 382 g/mol. The molecule has 2 atom stereocenters. The molecule has 1 heterocycles. The molecule has 3 aliphatic rings. The van der Waals surface area contributed by atoms with Crippen LogP contribution < -0.4 is 5.32 Å². The third-order valence-electron chi connectivity index (χ3n) is 5.84. The van der Waals surface area contributed by atoms with Crippen LogP contribution in [0.3, 0.4) is 0 Å². The number of carboxylic acid groups (broad SMARTS) is 1. The van der Waals surface area contributed by atoms with Gasteiger partial charge in [-0.15, -0.1) is 0 Å². The maximum absolute atomic E-state index is 11.8. The van der Waals surface area contributed by atoms with E-state index in [9.17, 15) is 15.2 Å². The Balaban J connectivity index is 1.68. The number of nitriles is 1. The molecule has 5 rings (SSSR count). The van der Waals surface area contributed by atoms with Crippen LogP contribution in [0.5, 0.6) is 0 Å². The van der Waals surface area contributed by atoms with Gasteiger partial charge in [0.15, 0.2) is 0 Å². The highest BCUT2D eigenvalue weighted by Gasteiger charge is 2.47. The first-order chi connectivity index (χ1) is 13.1. The van der Waals surface area contributed by atoms with Crippen molar-refractivity contribution in [3.63, 3.8) is 0 Å². The average molecular weight is 383 g/mol. The quantitative estimate of drug-likeness (QED) is 0.776. The first-order valence-corrected chi connectivity index (χ1v) is 9.48. The van der Waals surface area contributed by atoms with Crippen molar-refractivity contribution in [1.82, 2.24) is 9.97 Å². The number of nitrogens with one attached hydrogen (secondary N) is 1. The lowest BCUT2D eigenvalue weighted by Gasteiger charge is -2.47. The largest absolute Gasteiger partial charge is 0.481 e. The van der Waals surface area contributed by atoms with E-state index in [2.05, 4.69) is 21.4 Å². The standard InChI is InChI=1S/C20H19ClN4O2/c21-20-23-15(14-4-2-1-3-13(14)10-22)9-16(25-20)24-18-12-7-5-11(6-8-12)17(18)19(26)27/h1-4,9,11-12,17-18H,5-8H2,(H,26,27)(H,23,24,25). The smallest absolute Gasteiger partial charge is 0.308 e. The summed E-state index contributed by atoms with van der Waals surface area (Å²) in [6.07, 6.45) is 4.03. The number of aromatic nitrogens is 2. The molecule has 2 bridgehead atoms. The van der Waals surface area contributed by atoms with E-state index in [0.717, 1.165) is 25.7 Å². The number of nitrogens with zero attached hydrogens (tertiary/aromatic N) is 3. The number of rotatable bonds is 4. The molecule has 3 aliphatic carbocycles. The molecule has 0 saturated heterocycles. The average Bonchev–Trinajstić information content (AvgIpc) is 2.68. The molecule has 27 heavy (non-hydrogen) atoms. The second-order valence-electron chi connectivity index (χ2n) is 7.27. The second kappa shape index (κ2) is 7.16. The van der Waals surface area contributed by atoms with Crippen LogP contribution in [0.4, 0.5) is 5.82 Å².